The average Bonchev–Trinajstić information content (AvgIpc) is 3.04. The number of aliphatic carboxylic acids is 1. The third-order valence-corrected chi connectivity index (χ3v) is 5.15. The molecule has 1 heterocycles. The van der Waals surface area contributed by atoms with Crippen molar-refractivity contribution >= 4 is 34.5 Å². The molecular weight excluding hydrogens is 342 g/mol. The number of anilines is 2. The standard InChI is InChI=1S/C21H21N3O3/c1-13(25)24(21-22-18-4-2-3-5-19(18)23-21)17-9-8-15-10-14(11-20(26)27)6-7-16(15)12-17/h2-5,8-9,12,14H,6-7,10-11H2,1H3,(H,22,23)(H,26,27). The lowest BCUT2D eigenvalue weighted by atomic mass is 9.82. The van der Waals surface area contributed by atoms with Crippen LogP contribution in [0.1, 0.15) is 30.9 Å². The van der Waals surface area contributed by atoms with E-state index in [9.17, 15) is 9.59 Å². The maximum Gasteiger partial charge on any atom is 0.303 e. The Bertz CT molecular complexity index is 991. The van der Waals surface area contributed by atoms with Gasteiger partial charge in [0.1, 0.15) is 0 Å². The van der Waals surface area contributed by atoms with Crippen molar-refractivity contribution in [1.29, 1.82) is 0 Å². The number of aromatic amines is 1. The van der Waals surface area contributed by atoms with E-state index >= 15 is 0 Å². The van der Waals surface area contributed by atoms with Crippen molar-refractivity contribution in [2.24, 2.45) is 5.92 Å². The summed E-state index contributed by atoms with van der Waals surface area (Å²) >= 11 is 0. The molecule has 0 bridgehead atoms. The number of para-hydroxylation sites is 2. The number of benzene rings is 2. The number of H-pyrrole nitrogens is 1. The molecule has 6 nitrogen and oxygen atoms in total. The number of nitrogens with zero attached hydrogens (tertiary/aromatic N) is 2. The normalized spacial score (nSPS) is 16.1. The van der Waals surface area contributed by atoms with Crippen molar-refractivity contribution in [1.82, 2.24) is 9.97 Å². The zero-order valence-electron chi connectivity index (χ0n) is 15.1. The van der Waals surface area contributed by atoms with Crippen LogP contribution in [-0.4, -0.2) is 27.0 Å². The maximum absolute atomic E-state index is 12.4. The minimum Gasteiger partial charge on any atom is -0.481 e. The topological polar surface area (TPSA) is 86.3 Å². The summed E-state index contributed by atoms with van der Waals surface area (Å²) in [4.78, 5) is 32.7. The molecular formula is C21H21N3O3. The number of hydrogen-bond acceptors (Lipinski definition) is 3. The quantitative estimate of drug-likeness (QED) is 0.738. The van der Waals surface area contributed by atoms with Crippen LogP contribution in [0.3, 0.4) is 0 Å². The monoisotopic (exact) mass is 363 g/mol. The van der Waals surface area contributed by atoms with Crippen molar-refractivity contribution in [3.8, 4) is 0 Å². The molecule has 1 aliphatic carbocycles. The molecule has 3 aromatic rings. The molecule has 138 valence electrons. The molecule has 0 saturated carbocycles. The van der Waals surface area contributed by atoms with Gasteiger partial charge < -0.3 is 10.1 Å². The predicted octanol–water partition coefficient (Wildman–Crippen LogP) is 3.83. The van der Waals surface area contributed by atoms with Crippen LogP contribution in [-0.2, 0) is 22.4 Å². The summed E-state index contributed by atoms with van der Waals surface area (Å²) < 4.78 is 0. The van der Waals surface area contributed by atoms with E-state index in [2.05, 4.69) is 9.97 Å². The van der Waals surface area contributed by atoms with E-state index in [4.69, 9.17) is 5.11 Å². The fourth-order valence-corrected chi connectivity index (χ4v) is 3.88. The summed E-state index contributed by atoms with van der Waals surface area (Å²) in [6.45, 7) is 1.52. The summed E-state index contributed by atoms with van der Waals surface area (Å²) in [5.41, 5.74) is 4.82. The van der Waals surface area contributed by atoms with E-state index in [0.29, 0.717) is 5.95 Å². The lowest BCUT2D eigenvalue weighted by Crippen LogP contribution is -2.25. The predicted molar refractivity (Wildman–Crippen MR) is 103 cm³/mol. The van der Waals surface area contributed by atoms with Gasteiger partial charge in [-0.15, -0.1) is 0 Å². The van der Waals surface area contributed by atoms with E-state index in [1.165, 1.54) is 18.1 Å². The summed E-state index contributed by atoms with van der Waals surface area (Å²) in [6.07, 6.45) is 2.66. The van der Waals surface area contributed by atoms with Gasteiger partial charge in [0.15, 0.2) is 0 Å². The second kappa shape index (κ2) is 6.87. The maximum atomic E-state index is 12.4. The Morgan fingerprint density at radius 2 is 2.04 bits per heavy atom. The molecule has 0 radical (unpaired) electrons. The minimum atomic E-state index is -0.743. The third-order valence-electron chi connectivity index (χ3n) is 5.15. The lowest BCUT2D eigenvalue weighted by molar-refractivity contribution is -0.138. The van der Waals surface area contributed by atoms with Gasteiger partial charge >= 0.3 is 5.97 Å². The highest BCUT2D eigenvalue weighted by atomic mass is 16.4. The van der Waals surface area contributed by atoms with Crippen LogP contribution in [0.4, 0.5) is 11.6 Å². The van der Waals surface area contributed by atoms with E-state index < -0.39 is 5.97 Å². The Balaban J connectivity index is 1.66. The van der Waals surface area contributed by atoms with Crippen LogP contribution in [0, 0.1) is 5.92 Å². The van der Waals surface area contributed by atoms with Crippen molar-refractivity contribution < 1.29 is 14.7 Å². The van der Waals surface area contributed by atoms with Crippen LogP contribution in [0.15, 0.2) is 42.5 Å². The number of carbonyl (C=O) groups is 2. The molecule has 1 aliphatic rings. The Morgan fingerprint density at radius 3 is 2.78 bits per heavy atom. The molecule has 1 atom stereocenters. The van der Waals surface area contributed by atoms with Crippen LogP contribution < -0.4 is 4.90 Å². The first kappa shape index (κ1) is 17.3. The summed E-state index contributed by atoms with van der Waals surface area (Å²) in [7, 11) is 0. The van der Waals surface area contributed by atoms with Crippen molar-refractivity contribution in [3.05, 3.63) is 53.6 Å². The zero-order chi connectivity index (χ0) is 19.0. The Hall–Kier alpha value is -3.15. The van der Waals surface area contributed by atoms with Gasteiger partial charge in [-0.1, -0.05) is 18.2 Å². The summed E-state index contributed by atoms with van der Waals surface area (Å²) in [5.74, 6) is -0.176. The molecule has 0 spiro atoms. The van der Waals surface area contributed by atoms with Gasteiger partial charge in [0.25, 0.3) is 0 Å². The molecule has 1 aromatic heterocycles. The van der Waals surface area contributed by atoms with E-state index in [-0.39, 0.29) is 18.2 Å². The van der Waals surface area contributed by atoms with Gasteiger partial charge in [-0.05, 0) is 60.6 Å². The Morgan fingerprint density at radius 1 is 1.22 bits per heavy atom. The number of carboxylic acid groups (broad SMARTS) is 1. The number of hydrogen-bond donors (Lipinski definition) is 2. The number of carbonyl (C=O) groups excluding carboxylic acids is 1. The Labute approximate surface area is 156 Å². The molecule has 2 aromatic carbocycles. The smallest absolute Gasteiger partial charge is 0.303 e. The van der Waals surface area contributed by atoms with Crippen LogP contribution in [0.2, 0.25) is 0 Å². The molecule has 27 heavy (non-hydrogen) atoms. The fourth-order valence-electron chi connectivity index (χ4n) is 3.88. The van der Waals surface area contributed by atoms with Gasteiger partial charge in [-0.2, -0.15) is 0 Å². The molecule has 1 amide bonds. The minimum absolute atomic E-state index is 0.117. The molecule has 0 fully saturated rings. The first-order valence-corrected chi connectivity index (χ1v) is 9.10. The highest BCUT2D eigenvalue weighted by Crippen LogP contribution is 2.33. The van der Waals surface area contributed by atoms with Gasteiger partial charge in [-0.3, -0.25) is 14.5 Å². The highest BCUT2D eigenvalue weighted by Gasteiger charge is 2.24. The van der Waals surface area contributed by atoms with Crippen molar-refractivity contribution in [2.75, 3.05) is 4.90 Å². The fraction of sp³-hybridized carbons (Fsp3) is 0.286. The van der Waals surface area contributed by atoms with E-state index in [1.54, 1.807) is 4.90 Å². The second-order valence-electron chi connectivity index (χ2n) is 7.09. The van der Waals surface area contributed by atoms with Gasteiger partial charge in [-0.25, -0.2) is 4.98 Å². The van der Waals surface area contributed by atoms with Gasteiger partial charge in [0.2, 0.25) is 11.9 Å². The van der Waals surface area contributed by atoms with Gasteiger partial charge in [0.05, 0.1) is 16.7 Å². The van der Waals surface area contributed by atoms with Crippen molar-refractivity contribution in [2.45, 2.75) is 32.6 Å². The highest BCUT2D eigenvalue weighted by molar-refractivity contribution is 5.98. The largest absolute Gasteiger partial charge is 0.481 e. The lowest BCUT2D eigenvalue weighted by Gasteiger charge is -2.26. The number of nitrogens with one attached hydrogen (secondary N) is 1. The van der Waals surface area contributed by atoms with Crippen LogP contribution in [0.25, 0.3) is 11.0 Å². The molecule has 4 rings (SSSR count). The third kappa shape index (κ3) is 3.43. The molecule has 6 heteroatoms. The molecule has 1 unspecified atom stereocenters. The van der Waals surface area contributed by atoms with Gasteiger partial charge in [0, 0.05) is 13.3 Å². The summed E-state index contributed by atoms with van der Waals surface area (Å²) in [6, 6.07) is 13.6. The van der Waals surface area contributed by atoms with Crippen LogP contribution in [0.5, 0.6) is 0 Å². The first-order chi connectivity index (χ1) is 13.0. The molecule has 0 saturated heterocycles. The van der Waals surface area contributed by atoms with Crippen LogP contribution >= 0.6 is 0 Å². The molecule has 0 aliphatic heterocycles. The zero-order valence-corrected chi connectivity index (χ0v) is 15.1. The van der Waals surface area contributed by atoms with E-state index in [1.807, 2.05) is 42.5 Å². The number of fused-ring (bicyclic) bond motifs is 2. The average molecular weight is 363 g/mol. The number of aromatic nitrogens is 2. The number of carboxylic acids is 1. The van der Waals surface area contributed by atoms with E-state index in [0.717, 1.165) is 36.0 Å². The number of rotatable bonds is 4. The Kier molecular flexibility index (Phi) is 4.39. The second-order valence-corrected chi connectivity index (χ2v) is 7.09. The number of amides is 1. The number of aryl methyl sites for hydroxylation is 1. The molecule has 2 N–H and O–H groups in total. The SMILES string of the molecule is CC(=O)N(c1ccc2c(c1)CCC(CC(=O)O)C2)c1nc2ccccc2[nH]1. The number of imidazole rings is 1. The first-order valence-electron chi connectivity index (χ1n) is 9.10. The van der Waals surface area contributed by atoms with Crippen molar-refractivity contribution in [3.63, 3.8) is 0 Å². The summed E-state index contributed by atoms with van der Waals surface area (Å²) in [5, 5.41) is 9.02.